The molecule has 0 fully saturated rings. The number of hydrogen-bond acceptors (Lipinski definition) is 1. The fourth-order valence-corrected chi connectivity index (χ4v) is 0.864. The first-order valence-corrected chi connectivity index (χ1v) is 3.35. The molecular formula is C7H4ClF3KO. The maximum absolute atomic E-state index is 12.0. The molecule has 0 heterocycles. The zero-order valence-electron chi connectivity index (χ0n) is 6.69. The smallest absolute Gasteiger partial charge is 0.416 e. The summed E-state index contributed by atoms with van der Waals surface area (Å²) in [4.78, 5) is 0. The van der Waals surface area contributed by atoms with Crippen LogP contribution in [0, 0.1) is 0 Å². The number of rotatable bonds is 0. The summed E-state index contributed by atoms with van der Waals surface area (Å²) < 4.78 is 35.9. The van der Waals surface area contributed by atoms with Crippen molar-refractivity contribution in [3.8, 4) is 5.75 Å². The summed E-state index contributed by atoms with van der Waals surface area (Å²) in [6, 6.07) is 2.35. The van der Waals surface area contributed by atoms with Gasteiger partial charge in [-0.3, -0.25) is 0 Å². The molecule has 0 bridgehead atoms. The predicted octanol–water partition coefficient (Wildman–Crippen LogP) is 2.68. The normalized spacial score (nSPS) is 10.8. The first kappa shape index (κ1) is 13.7. The SMILES string of the molecule is Oc1ccc(C(F)(F)F)cc1Cl.[K]. The van der Waals surface area contributed by atoms with Gasteiger partial charge in [-0.05, 0) is 18.2 Å². The molecule has 6 heteroatoms. The number of aromatic hydroxyl groups is 1. The summed E-state index contributed by atoms with van der Waals surface area (Å²) >= 11 is 5.27. The van der Waals surface area contributed by atoms with Crippen molar-refractivity contribution < 1.29 is 18.3 Å². The molecule has 0 amide bonds. The van der Waals surface area contributed by atoms with Gasteiger partial charge in [0.25, 0.3) is 0 Å². The minimum Gasteiger partial charge on any atom is -0.506 e. The van der Waals surface area contributed by atoms with Gasteiger partial charge < -0.3 is 5.11 Å². The number of phenols is 1. The maximum atomic E-state index is 12.0. The standard InChI is InChI=1S/C7H4ClF3O.K/c8-5-3-4(7(9,10)11)1-2-6(5)12;/h1-3,12H;. The van der Waals surface area contributed by atoms with Crippen LogP contribution in [-0.2, 0) is 6.18 Å². The first-order chi connectivity index (χ1) is 5.41. The van der Waals surface area contributed by atoms with Gasteiger partial charge in [-0.1, -0.05) is 11.6 Å². The van der Waals surface area contributed by atoms with Gasteiger partial charge >= 0.3 is 6.18 Å². The van der Waals surface area contributed by atoms with Crippen LogP contribution in [0.15, 0.2) is 18.2 Å². The van der Waals surface area contributed by atoms with E-state index in [1.807, 2.05) is 0 Å². The Morgan fingerprint density at radius 1 is 1.23 bits per heavy atom. The van der Waals surface area contributed by atoms with Gasteiger partial charge in [0.1, 0.15) is 5.75 Å². The van der Waals surface area contributed by atoms with Crippen molar-refractivity contribution in [3.05, 3.63) is 28.8 Å². The van der Waals surface area contributed by atoms with Crippen molar-refractivity contribution in [3.63, 3.8) is 0 Å². The molecule has 1 nitrogen and oxygen atoms in total. The van der Waals surface area contributed by atoms with Crippen molar-refractivity contribution in [2.24, 2.45) is 0 Å². The molecule has 1 aromatic carbocycles. The van der Waals surface area contributed by atoms with Crippen LogP contribution >= 0.6 is 11.6 Å². The summed E-state index contributed by atoms with van der Waals surface area (Å²) in [5.74, 6) is -0.357. The van der Waals surface area contributed by atoms with Crippen LogP contribution in [0.1, 0.15) is 5.56 Å². The number of phenolic OH excluding ortho intramolecular Hbond substituents is 1. The zero-order valence-corrected chi connectivity index (χ0v) is 10.6. The van der Waals surface area contributed by atoms with E-state index >= 15 is 0 Å². The summed E-state index contributed by atoms with van der Waals surface area (Å²) in [7, 11) is 0. The molecular weight excluding hydrogens is 232 g/mol. The summed E-state index contributed by atoms with van der Waals surface area (Å²) in [5.41, 5.74) is -0.870. The Balaban J connectivity index is 0.00000144. The number of alkyl halides is 3. The third kappa shape index (κ3) is 3.77. The van der Waals surface area contributed by atoms with Gasteiger partial charge in [0.05, 0.1) is 10.6 Å². The predicted molar refractivity (Wildman–Crippen MR) is 43.9 cm³/mol. The molecule has 0 spiro atoms. The van der Waals surface area contributed by atoms with Crippen molar-refractivity contribution in [2.75, 3.05) is 0 Å². The van der Waals surface area contributed by atoms with Crippen LogP contribution in [0.3, 0.4) is 0 Å². The Bertz CT molecular complexity index is 300. The van der Waals surface area contributed by atoms with E-state index in [9.17, 15) is 13.2 Å². The molecule has 1 aromatic rings. The molecule has 67 valence electrons. The van der Waals surface area contributed by atoms with E-state index in [1.54, 1.807) is 0 Å². The van der Waals surface area contributed by atoms with Gasteiger partial charge in [-0.2, -0.15) is 13.2 Å². The Morgan fingerprint density at radius 2 is 1.77 bits per heavy atom. The molecule has 0 unspecified atom stereocenters. The average Bonchev–Trinajstić information content (AvgIpc) is 1.92. The molecule has 1 radical (unpaired) electrons. The van der Waals surface area contributed by atoms with Gasteiger partial charge in [-0.15, -0.1) is 0 Å². The van der Waals surface area contributed by atoms with Crippen molar-refractivity contribution >= 4 is 63.0 Å². The molecule has 13 heavy (non-hydrogen) atoms. The minimum absolute atomic E-state index is 0. The van der Waals surface area contributed by atoms with Gasteiger partial charge in [-0.25, -0.2) is 0 Å². The van der Waals surface area contributed by atoms with Crippen LogP contribution in [0.2, 0.25) is 5.02 Å². The van der Waals surface area contributed by atoms with Crippen LogP contribution in [0.4, 0.5) is 13.2 Å². The van der Waals surface area contributed by atoms with Crippen LogP contribution in [0.5, 0.6) is 5.75 Å². The molecule has 0 aromatic heterocycles. The molecule has 0 saturated heterocycles. The molecule has 0 aliphatic carbocycles. The van der Waals surface area contributed by atoms with Gasteiger partial charge in [0.15, 0.2) is 0 Å². The third-order valence-electron chi connectivity index (χ3n) is 1.28. The van der Waals surface area contributed by atoms with Crippen molar-refractivity contribution in [2.45, 2.75) is 6.18 Å². The fraction of sp³-hybridized carbons (Fsp3) is 0.143. The average molecular weight is 236 g/mol. The minimum atomic E-state index is -4.42. The van der Waals surface area contributed by atoms with E-state index in [2.05, 4.69) is 0 Å². The second kappa shape index (κ2) is 5.00. The summed E-state index contributed by atoms with van der Waals surface area (Å²) in [6.45, 7) is 0. The van der Waals surface area contributed by atoms with E-state index in [1.165, 1.54) is 0 Å². The second-order valence-electron chi connectivity index (χ2n) is 2.16. The van der Waals surface area contributed by atoms with E-state index in [4.69, 9.17) is 16.7 Å². The Hall–Kier alpha value is 0.736. The number of hydrogen-bond donors (Lipinski definition) is 1. The largest absolute Gasteiger partial charge is 0.506 e. The molecule has 0 atom stereocenters. The quantitative estimate of drug-likeness (QED) is 0.686. The Morgan fingerprint density at radius 3 is 2.15 bits per heavy atom. The number of benzene rings is 1. The van der Waals surface area contributed by atoms with Gasteiger partial charge in [0.2, 0.25) is 0 Å². The van der Waals surface area contributed by atoms with E-state index < -0.39 is 11.7 Å². The van der Waals surface area contributed by atoms with E-state index in [0.29, 0.717) is 6.07 Å². The molecule has 1 N–H and O–H groups in total. The van der Waals surface area contributed by atoms with Crippen molar-refractivity contribution in [1.29, 1.82) is 0 Å². The van der Waals surface area contributed by atoms with Gasteiger partial charge in [0, 0.05) is 51.4 Å². The zero-order chi connectivity index (χ0) is 9.35. The maximum Gasteiger partial charge on any atom is 0.416 e. The Kier molecular flexibility index (Phi) is 5.28. The summed E-state index contributed by atoms with van der Waals surface area (Å²) in [6.07, 6.45) is -4.42. The molecule has 0 aliphatic heterocycles. The van der Waals surface area contributed by atoms with Crippen LogP contribution in [0.25, 0.3) is 0 Å². The molecule has 0 saturated carbocycles. The second-order valence-corrected chi connectivity index (χ2v) is 2.57. The first-order valence-electron chi connectivity index (χ1n) is 2.97. The summed E-state index contributed by atoms with van der Waals surface area (Å²) in [5, 5.41) is 8.51. The molecule has 0 aliphatic rings. The monoisotopic (exact) mass is 235 g/mol. The Labute approximate surface area is 120 Å². The van der Waals surface area contributed by atoms with E-state index in [0.717, 1.165) is 12.1 Å². The fourth-order valence-electron chi connectivity index (χ4n) is 0.683. The number of halogens is 4. The third-order valence-corrected chi connectivity index (χ3v) is 1.58. The van der Waals surface area contributed by atoms with Crippen LogP contribution < -0.4 is 0 Å². The van der Waals surface area contributed by atoms with E-state index in [-0.39, 0.29) is 62.2 Å². The topological polar surface area (TPSA) is 20.2 Å². The molecule has 1 rings (SSSR count). The van der Waals surface area contributed by atoms with Crippen molar-refractivity contribution in [1.82, 2.24) is 0 Å². The van der Waals surface area contributed by atoms with Crippen LogP contribution in [-0.4, -0.2) is 56.5 Å².